The summed E-state index contributed by atoms with van der Waals surface area (Å²) in [6, 6.07) is 6.52. The molecule has 0 atom stereocenters. The first-order chi connectivity index (χ1) is 8.08. The number of rotatable bonds is 1. The Hall–Kier alpha value is -1.76. The van der Waals surface area contributed by atoms with E-state index in [-0.39, 0.29) is 0 Å². The summed E-state index contributed by atoms with van der Waals surface area (Å²) in [5.74, 6) is 0. The predicted octanol–water partition coefficient (Wildman–Crippen LogP) is 2.72. The molecule has 92 valence electrons. The fourth-order valence-corrected chi connectivity index (χ4v) is 1.23. The van der Waals surface area contributed by atoms with Crippen LogP contribution in [0.4, 0.5) is 15.3 Å². The number of nitrogens with zero attached hydrogens (tertiary/aromatic N) is 1. The molecule has 0 aliphatic carbocycles. The Balaban J connectivity index is 2.93. The molecule has 0 bridgehead atoms. The molecular formula is C10H10BrNO5. The maximum Gasteiger partial charge on any atom is 0.533 e. The van der Waals surface area contributed by atoms with Gasteiger partial charge in [-0.25, -0.2) is 9.59 Å². The Morgan fingerprint density at radius 1 is 1.12 bits per heavy atom. The maximum absolute atomic E-state index is 11.4. The number of methoxy groups -OCH3 is 2. The number of ether oxygens (including phenoxy) is 2. The minimum absolute atomic E-state index is 0.338. The molecule has 1 aromatic rings. The molecule has 0 aliphatic heterocycles. The smallest absolute Gasteiger partial charge is 0.450 e. The molecule has 0 aliphatic rings. The fraction of sp³-hybridized carbons (Fsp3) is 0.200. The number of anilines is 1. The first kappa shape index (κ1) is 13.3. The minimum Gasteiger partial charge on any atom is -0.450 e. The number of carbonyl (C=O) groups is 2. The second-order valence-electron chi connectivity index (χ2n) is 2.79. The van der Waals surface area contributed by atoms with E-state index in [9.17, 15) is 9.59 Å². The third kappa shape index (κ3) is 3.63. The van der Waals surface area contributed by atoms with Gasteiger partial charge in [-0.05, 0) is 24.3 Å². The molecule has 0 aromatic heterocycles. The van der Waals surface area contributed by atoms with Crippen molar-refractivity contribution >= 4 is 33.9 Å². The van der Waals surface area contributed by atoms with Gasteiger partial charge in [0.05, 0.1) is 19.9 Å². The highest BCUT2D eigenvalue weighted by atomic mass is 79.9. The van der Waals surface area contributed by atoms with Crippen molar-refractivity contribution in [3.8, 4) is 0 Å². The van der Waals surface area contributed by atoms with Gasteiger partial charge in [0, 0.05) is 4.47 Å². The van der Waals surface area contributed by atoms with E-state index in [0.717, 1.165) is 11.6 Å². The highest BCUT2D eigenvalue weighted by Gasteiger charge is 2.21. The SMILES string of the molecule is COC(=O)ON(C(=O)OC)c1ccc(Br)cc1. The van der Waals surface area contributed by atoms with Gasteiger partial charge in [0.25, 0.3) is 0 Å². The molecule has 0 saturated carbocycles. The Bertz CT molecular complexity index is 406. The zero-order valence-corrected chi connectivity index (χ0v) is 10.8. The molecular weight excluding hydrogens is 294 g/mol. The molecule has 6 nitrogen and oxygen atoms in total. The molecule has 1 amide bonds. The summed E-state index contributed by atoms with van der Waals surface area (Å²) in [7, 11) is 2.31. The molecule has 0 spiro atoms. The van der Waals surface area contributed by atoms with Gasteiger partial charge in [-0.1, -0.05) is 15.9 Å². The second-order valence-corrected chi connectivity index (χ2v) is 3.70. The van der Waals surface area contributed by atoms with Crippen LogP contribution in [0.5, 0.6) is 0 Å². The van der Waals surface area contributed by atoms with E-state index < -0.39 is 12.2 Å². The lowest BCUT2D eigenvalue weighted by atomic mass is 10.3. The molecule has 0 radical (unpaired) electrons. The number of hydrogen-bond donors (Lipinski definition) is 0. The van der Waals surface area contributed by atoms with Crippen molar-refractivity contribution in [3.05, 3.63) is 28.7 Å². The van der Waals surface area contributed by atoms with E-state index in [4.69, 9.17) is 0 Å². The Kier molecular flexibility index (Phi) is 4.77. The van der Waals surface area contributed by atoms with Crippen LogP contribution in [-0.4, -0.2) is 26.5 Å². The van der Waals surface area contributed by atoms with Crippen LogP contribution in [0, 0.1) is 0 Å². The fourth-order valence-electron chi connectivity index (χ4n) is 0.967. The third-order valence-corrected chi connectivity index (χ3v) is 2.26. The van der Waals surface area contributed by atoms with E-state index in [1.54, 1.807) is 24.3 Å². The highest BCUT2D eigenvalue weighted by Crippen LogP contribution is 2.19. The molecule has 0 saturated heterocycles. The van der Waals surface area contributed by atoms with E-state index in [1.165, 1.54) is 7.11 Å². The minimum atomic E-state index is -1.02. The lowest BCUT2D eigenvalue weighted by Gasteiger charge is -2.18. The van der Waals surface area contributed by atoms with Crippen LogP contribution in [0.2, 0.25) is 0 Å². The summed E-state index contributed by atoms with van der Waals surface area (Å²) in [5, 5.41) is 0.693. The summed E-state index contributed by atoms with van der Waals surface area (Å²) in [4.78, 5) is 27.0. The molecule has 17 heavy (non-hydrogen) atoms. The van der Waals surface area contributed by atoms with Crippen molar-refractivity contribution in [3.63, 3.8) is 0 Å². The van der Waals surface area contributed by atoms with E-state index in [1.807, 2.05) is 0 Å². The van der Waals surface area contributed by atoms with E-state index >= 15 is 0 Å². The molecule has 1 aromatic carbocycles. The standard InChI is InChI=1S/C10H10BrNO5/c1-15-9(13)12(17-10(14)16-2)8-5-3-7(11)4-6-8/h3-6H,1-2H3. The van der Waals surface area contributed by atoms with Crippen molar-refractivity contribution in [2.45, 2.75) is 0 Å². The van der Waals surface area contributed by atoms with E-state index in [2.05, 4.69) is 30.2 Å². The zero-order valence-electron chi connectivity index (χ0n) is 9.18. The van der Waals surface area contributed by atoms with Crippen LogP contribution in [-0.2, 0) is 14.3 Å². The maximum atomic E-state index is 11.4. The summed E-state index contributed by atoms with van der Waals surface area (Å²) >= 11 is 3.25. The first-order valence-corrected chi connectivity index (χ1v) is 5.27. The monoisotopic (exact) mass is 303 g/mol. The van der Waals surface area contributed by atoms with Gasteiger partial charge in [-0.3, -0.25) is 4.84 Å². The molecule has 7 heteroatoms. The molecule has 0 N–H and O–H groups in total. The predicted molar refractivity (Wildman–Crippen MR) is 62.5 cm³/mol. The number of amides is 1. The van der Waals surface area contributed by atoms with Gasteiger partial charge in [0.2, 0.25) is 0 Å². The van der Waals surface area contributed by atoms with Crippen LogP contribution in [0.25, 0.3) is 0 Å². The number of hydrogen-bond acceptors (Lipinski definition) is 5. The largest absolute Gasteiger partial charge is 0.533 e. The molecule has 1 rings (SSSR count). The summed E-state index contributed by atoms with van der Waals surface area (Å²) in [6.45, 7) is 0. The topological polar surface area (TPSA) is 65.1 Å². The summed E-state index contributed by atoms with van der Waals surface area (Å²) in [5.41, 5.74) is 0.338. The van der Waals surface area contributed by atoms with Gasteiger partial charge in [0.1, 0.15) is 0 Å². The van der Waals surface area contributed by atoms with Crippen molar-refractivity contribution in [2.75, 3.05) is 19.3 Å². The number of benzene rings is 1. The molecule has 0 heterocycles. The molecule has 0 fully saturated rings. The Morgan fingerprint density at radius 2 is 1.71 bits per heavy atom. The van der Waals surface area contributed by atoms with Crippen molar-refractivity contribution in [1.82, 2.24) is 0 Å². The average molecular weight is 304 g/mol. The van der Waals surface area contributed by atoms with Crippen LogP contribution >= 0.6 is 15.9 Å². The Morgan fingerprint density at radius 3 is 2.18 bits per heavy atom. The van der Waals surface area contributed by atoms with Crippen LogP contribution in [0.15, 0.2) is 28.7 Å². The second kappa shape index (κ2) is 6.09. The number of carbonyl (C=O) groups excluding carboxylic acids is 2. The normalized spacial score (nSPS) is 9.35. The summed E-state index contributed by atoms with van der Waals surface area (Å²) in [6.07, 6.45) is -1.85. The lowest BCUT2D eigenvalue weighted by Crippen LogP contribution is -2.33. The van der Waals surface area contributed by atoms with Crippen molar-refractivity contribution in [1.29, 1.82) is 0 Å². The van der Waals surface area contributed by atoms with Crippen LogP contribution in [0.1, 0.15) is 0 Å². The molecule has 0 unspecified atom stereocenters. The van der Waals surface area contributed by atoms with Crippen molar-refractivity contribution < 1.29 is 23.9 Å². The van der Waals surface area contributed by atoms with Gasteiger partial charge in [0.15, 0.2) is 0 Å². The quantitative estimate of drug-likeness (QED) is 0.589. The highest BCUT2D eigenvalue weighted by molar-refractivity contribution is 9.10. The van der Waals surface area contributed by atoms with Gasteiger partial charge in [-0.2, -0.15) is 0 Å². The lowest BCUT2D eigenvalue weighted by molar-refractivity contribution is 0.0572. The van der Waals surface area contributed by atoms with Crippen LogP contribution < -0.4 is 5.06 Å². The zero-order chi connectivity index (χ0) is 12.8. The number of hydroxylamine groups is 1. The van der Waals surface area contributed by atoms with E-state index in [0.29, 0.717) is 10.8 Å². The van der Waals surface area contributed by atoms with Gasteiger partial charge >= 0.3 is 12.2 Å². The van der Waals surface area contributed by atoms with Crippen molar-refractivity contribution in [2.24, 2.45) is 0 Å². The Labute approximate surface area is 106 Å². The first-order valence-electron chi connectivity index (χ1n) is 4.48. The third-order valence-electron chi connectivity index (χ3n) is 1.73. The summed E-state index contributed by atoms with van der Waals surface area (Å²) < 4.78 is 9.61. The average Bonchev–Trinajstić information content (AvgIpc) is 2.36. The van der Waals surface area contributed by atoms with Gasteiger partial charge in [-0.15, -0.1) is 5.06 Å². The van der Waals surface area contributed by atoms with Gasteiger partial charge < -0.3 is 9.47 Å². The van der Waals surface area contributed by atoms with Crippen LogP contribution in [0.3, 0.4) is 0 Å². The number of halogens is 1.